The normalized spacial score (nSPS) is 26.2. The van der Waals surface area contributed by atoms with Gasteiger partial charge in [0.2, 0.25) is 0 Å². The molecule has 5 heteroatoms. The minimum atomic E-state index is -2.68. The highest BCUT2D eigenvalue weighted by molar-refractivity contribution is 4.85. The van der Waals surface area contributed by atoms with E-state index in [1.54, 1.807) is 14.2 Å². The van der Waals surface area contributed by atoms with Crippen LogP contribution in [-0.4, -0.2) is 46.1 Å². The maximum Gasteiger partial charge on any atom is 0.276 e. The molecule has 0 bridgehead atoms. The van der Waals surface area contributed by atoms with Crippen molar-refractivity contribution in [2.24, 2.45) is 0 Å². The van der Waals surface area contributed by atoms with Crippen molar-refractivity contribution < 1.29 is 23.0 Å². The van der Waals surface area contributed by atoms with Gasteiger partial charge in [-0.1, -0.05) is 13.8 Å². The summed E-state index contributed by atoms with van der Waals surface area (Å²) in [7, 11) is 4.73. The molecule has 1 heterocycles. The monoisotopic (exact) mass is 242 g/mol. The summed E-state index contributed by atoms with van der Waals surface area (Å²) in [6, 6.07) is 0. The Kier molecular flexibility index (Phi) is 11.2. The second-order valence-corrected chi connectivity index (χ2v) is 3.23. The molecule has 1 unspecified atom stereocenters. The SMILES string of the molecule is CC.COC.COC[C@@H]1CC(F)(F)C(C)O1. The van der Waals surface area contributed by atoms with E-state index in [1.807, 2.05) is 13.8 Å². The smallest absolute Gasteiger partial charge is 0.276 e. The third-order valence-corrected chi connectivity index (χ3v) is 1.84. The molecule has 1 aliphatic rings. The first-order valence-corrected chi connectivity index (χ1v) is 5.40. The highest BCUT2D eigenvalue weighted by Gasteiger charge is 2.47. The maximum absolute atomic E-state index is 12.7. The van der Waals surface area contributed by atoms with E-state index in [-0.39, 0.29) is 13.0 Å². The van der Waals surface area contributed by atoms with Crippen molar-refractivity contribution in [1.29, 1.82) is 0 Å². The van der Waals surface area contributed by atoms with E-state index >= 15 is 0 Å². The van der Waals surface area contributed by atoms with E-state index in [2.05, 4.69) is 4.74 Å². The molecule has 0 aromatic heterocycles. The minimum Gasteiger partial charge on any atom is -0.388 e. The van der Waals surface area contributed by atoms with Crippen LogP contribution in [0.3, 0.4) is 0 Å². The average Bonchev–Trinajstić information content (AvgIpc) is 2.45. The summed E-state index contributed by atoms with van der Waals surface area (Å²) in [4.78, 5) is 0. The van der Waals surface area contributed by atoms with Crippen molar-refractivity contribution in [2.75, 3.05) is 27.9 Å². The Hall–Kier alpha value is -0.260. The number of methoxy groups -OCH3 is 2. The number of ether oxygens (including phenoxy) is 3. The van der Waals surface area contributed by atoms with Crippen molar-refractivity contribution in [3.63, 3.8) is 0 Å². The van der Waals surface area contributed by atoms with Crippen LogP contribution < -0.4 is 0 Å². The fourth-order valence-electron chi connectivity index (χ4n) is 1.19. The molecular weight excluding hydrogens is 218 g/mol. The van der Waals surface area contributed by atoms with E-state index in [4.69, 9.17) is 9.47 Å². The second kappa shape index (κ2) is 9.93. The number of alkyl halides is 2. The van der Waals surface area contributed by atoms with Gasteiger partial charge >= 0.3 is 0 Å². The zero-order valence-electron chi connectivity index (χ0n) is 11.0. The molecule has 0 N–H and O–H groups in total. The maximum atomic E-state index is 12.7. The van der Waals surface area contributed by atoms with Crippen molar-refractivity contribution >= 4 is 0 Å². The lowest BCUT2D eigenvalue weighted by molar-refractivity contribution is -0.0692. The molecule has 0 spiro atoms. The van der Waals surface area contributed by atoms with Crippen LogP contribution in [0.1, 0.15) is 27.2 Å². The predicted molar refractivity (Wildman–Crippen MR) is 60.1 cm³/mol. The van der Waals surface area contributed by atoms with Gasteiger partial charge in [-0.2, -0.15) is 0 Å². The van der Waals surface area contributed by atoms with Crippen LogP contribution in [0.25, 0.3) is 0 Å². The molecule has 0 saturated carbocycles. The summed E-state index contributed by atoms with van der Waals surface area (Å²) in [5.41, 5.74) is 0. The van der Waals surface area contributed by atoms with Crippen LogP contribution in [0, 0.1) is 0 Å². The highest BCUT2D eigenvalue weighted by atomic mass is 19.3. The molecular formula is C11H24F2O3. The number of hydrogen-bond donors (Lipinski definition) is 0. The number of hydrogen-bond acceptors (Lipinski definition) is 3. The molecule has 1 saturated heterocycles. The minimum absolute atomic E-state index is 0.220. The molecule has 3 nitrogen and oxygen atoms in total. The Bertz CT molecular complexity index is 154. The van der Waals surface area contributed by atoms with E-state index < -0.39 is 18.1 Å². The fraction of sp³-hybridized carbons (Fsp3) is 1.00. The lowest BCUT2D eigenvalue weighted by atomic mass is 10.1. The van der Waals surface area contributed by atoms with Crippen LogP contribution in [0.4, 0.5) is 8.78 Å². The summed E-state index contributed by atoms with van der Waals surface area (Å²) in [6.07, 6.45) is -1.63. The van der Waals surface area contributed by atoms with Crippen molar-refractivity contribution in [2.45, 2.75) is 45.3 Å². The third-order valence-electron chi connectivity index (χ3n) is 1.84. The molecule has 1 rings (SSSR count). The van der Waals surface area contributed by atoms with Gasteiger partial charge in [0.1, 0.15) is 6.10 Å². The molecule has 0 aromatic carbocycles. The van der Waals surface area contributed by atoms with Gasteiger partial charge in [0.25, 0.3) is 5.92 Å². The first-order chi connectivity index (χ1) is 7.47. The quantitative estimate of drug-likeness (QED) is 0.745. The standard InChI is InChI=1S/C7H12F2O2.C2H6O.C2H6/c1-5-7(8,9)3-6(11-5)4-10-2;1-3-2;1-2/h5-6H,3-4H2,1-2H3;1-2H3;1-2H3/t5?,6-;;/m0../s1. The van der Waals surface area contributed by atoms with Crippen molar-refractivity contribution in [1.82, 2.24) is 0 Å². The molecule has 0 radical (unpaired) electrons. The summed E-state index contributed by atoms with van der Waals surface area (Å²) in [5.74, 6) is -2.68. The number of halogens is 2. The molecule has 0 aromatic rings. The van der Waals surface area contributed by atoms with Gasteiger partial charge in [-0.15, -0.1) is 0 Å². The Balaban J connectivity index is 0. The Morgan fingerprint density at radius 1 is 1.25 bits per heavy atom. The van der Waals surface area contributed by atoms with Gasteiger partial charge in [-0.05, 0) is 6.92 Å². The van der Waals surface area contributed by atoms with E-state index in [1.165, 1.54) is 14.0 Å². The Morgan fingerprint density at radius 3 is 1.94 bits per heavy atom. The molecule has 2 atom stereocenters. The zero-order chi connectivity index (χ0) is 13.2. The van der Waals surface area contributed by atoms with E-state index in [0.717, 1.165) is 0 Å². The fourth-order valence-corrected chi connectivity index (χ4v) is 1.19. The zero-order valence-corrected chi connectivity index (χ0v) is 11.0. The molecule has 0 amide bonds. The van der Waals surface area contributed by atoms with Gasteiger partial charge in [0.15, 0.2) is 0 Å². The second-order valence-electron chi connectivity index (χ2n) is 3.23. The predicted octanol–water partition coefficient (Wildman–Crippen LogP) is 2.73. The molecule has 16 heavy (non-hydrogen) atoms. The van der Waals surface area contributed by atoms with Crippen molar-refractivity contribution in [3.8, 4) is 0 Å². The molecule has 1 fully saturated rings. The van der Waals surface area contributed by atoms with Crippen LogP contribution >= 0.6 is 0 Å². The number of rotatable bonds is 2. The van der Waals surface area contributed by atoms with E-state index in [9.17, 15) is 8.78 Å². The first kappa shape index (κ1) is 18.1. The van der Waals surface area contributed by atoms with Gasteiger partial charge in [0, 0.05) is 27.8 Å². The molecule has 100 valence electrons. The van der Waals surface area contributed by atoms with Crippen molar-refractivity contribution in [3.05, 3.63) is 0 Å². The van der Waals surface area contributed by atoms with Crippen LogP contribution in [0.2, 0.25) is 0 Å². The van der Waals surface area contributed by atoms with Crippen LogP contribution in [0.15, 0.2) is 0 Å². The molecule has 1 aliphatic heterocycles. The lowest BCUT2D eigenvalue weighted by Crippen LogP contribution is -2.24. The first-order valence-electron chi connectivity index (χ1n) is 5.40. The Morgan fingerprint density at radius 2 is 1.69 bits per heavy atom. The van der Waals surface area contributed by atoms with Crippen LogP contribution in [-0.2, 0) is 14.2 Å². The van der Waals surface area contributed by atoms with Gasteiger partial charge in [0.05, 0.1) is 12.7 Å². The summed E-state index contributed by atoms with van der Waals surface area (Å²) < 4.78 is 39.4. The topological polar surface area (TPSA) is 27.7 Å². The summed E-state index contributed by atoms with van der Waals surface area (Å²) in [5, 5.41) is 0. The van der Waals surface area contributed by atoms with Gasteiger partial charge < -0.3 is 14.2 Å². The third kappa shape index (κ3) is 7.09. The summed E-state index contributed by atoms with van der Waals surface area (Å²) in [6.45, 7) is 5.63. The summed E-state index contributed by atoms with van der Waals surface area (Å²) >= 11 is 0. The van der Waals surface area contributed by atoms with Gasteiger partial charge in [-0.3, -0.25) is 0 Å². The van der Waals surface area contributed by atoms with E-state index in [0.29, 0.717) is 0 Å². The molecule has 0 aliphatic carbocycles. The highest BCUT2D eigenvalue weighted by Crippen LogP contribution is 2.35. The van der Waals surface area contributed by atoms with Gasteiger partial charge in [-0.25, -0.2) is 8.78 Å². The van der Waals surface area contributed by atoms with Crippen LogP contribution in [0.5, 0.6) is 0 Å². The lowest BCUT2D eigenvalue weighted by Gasteiger charge is -2.10. The Labute approximate surface area is 97.1 Å². The largest absolute Gasteiger partial charge is 0.388 e. The average molecular weight is 242 g/mol.